The molecule has 14 heavy (non-hydrogen) atoms. The van der Waals surface area contributed by atoms with E-state index in [1.54, 1.807) is 0 Å². The lowest BCUT2D eigenvalue weighted by atomic mass is 9.86. The maximum absolute atomic E-state index is 11.3. The summed E-state index contributed by atoms with van der Waals surface area (Å²) in [5, 5.41) is 0. The molecule has 1 aliphatic rings. The van der Waals surface area contributed by atoms with Gasteiger partial charge in [0.05, 0.1) is 0 Å². The first-order valence-corrected chi connectivity index (χ1v) is 4.98. The van der Waals surface area contributed by atoms with Crippen LogP contribution >= 0.6 is 0 Å². The van der Waals surface area contributed by atoms with Crippen molar-refractivity contribution in [2.24, 2.45) is 5.73 Å². The lowest BCUT2D eigenvalue weighted by Crippen LogP contribution is -2.34. The highest BCUT2D eigenvalue weighted by Gasteiger charge is 2.36. The number of hydrogen-bond donors (Lipinski definition) is 1. The molecule has 0 bridgehead atoms. The highest BCUT2D eigenvalue weighted by Crippen LogP contribution is 2.35. The summed E-state index contributed by atoms with van der Waals surface area (Å²) in [6.45, 7) is 2.05. The Morgan fingerprint density at radius 2 is 2.07 bits per heavy atom. The zero-order valence-corrected chi connectivity index (χ0v) is 8.42. The van der Waals surface area contributed by atoms with Gasteiger partial charge in [0, 0.05) is 18.4 Å². The number of rotatable bonds is 1. The average Bonchev–Trinajstić information content (AvgIpc) is 2.48. The summed E-state index contributed by atoms with van der Waals surface area (Å²) in [7, 11) is 0. The van der Waals surface area contributed by atoms with Crippen LogP contribution in [0, 0.1) is 6.92 Å². The van der Waals surface area contributed by atoms with Gasteiger partial charge in [-0.1, -0.05) is 24.3 Å². The van der Waals surface area contributed by atoms with Crippen LogP contribution in [0.1, 0.15) is 30.4 Å². The van der Waals surface area contributed by atoms with Crippen LogP contribution in [0.3, 0.4) is 0 Å². The number of carbonyl (C=O) groups excluding carboxylic acids is 1. The summed E-state index contributed by atoms with van der Waals surface area (Å²) in [6, 6.07) is 8.07. The van der Waals surface area contributed by atoms with Gasteiger partial charge in [0.1, 0.15) is 5.78 Å². The zero-order chi connectivity index (χ0) is 10.2. The van der Waals surface area contributed by atoms with E-state index < -0.39 is 5.54 Å². The molecule has 1 unspecified atom stereocenters. The van der Waals surface area contributed by atoms with Gasteiger partial charge in [-0.3, -0.25) is 4.79 Å². The summed E-state index contributed by atoms with van der Waals surface area (Å²) >= 11 is 0. The normalized spacial score (nSPS) is 26.9. The Bertz CT molecular complexity index is 372. The molecular weight excluding hydrogens is 174 g/mol. The summed E-state index contributed by atoms with van der Waals surface area (Å²) < 4.78 is 0. The molecule has 2 rings (SSSR count). The van der Waals surface area contributed by atoms with Gasteiger partial charge in [-0.25, -0.2) is 0 Å². The molecule has 0 amide bonds. The maximum Gasteiger partial charge on any atom is 0.135 e. The van der Waals surface area contributed by atoms with Crippen LogP contribution in [0.25, 0.3) is 0 Å². The zero-order valence-electron chi connectivity index (χ0n) is 8.42. The summed E-state index contributed by atoms with van der Waals surface area (Å²) in [5.74, 6) is 0.288. The van der Waals surface area contributed by atoms with Gasteiger partial charge in [-0.05, 0) is 24.5 Å². The van der Waals surface area contributed by atoms with Gasteiger partial charge in [0.15, 0.2) is 0 Å². The molecule has 2 nitrogen and oxygen atoms in total. The van der Waals surface area contributed by atoms with Crippen LogP contribution in [0.4, 0.5) is 0 Å². The summed E-state index contributed by atoms with van der Waals surface area (Å²) in [5.41, 5.74) is 8.17. The third-order valence-electron chi connectivity index (χ3n) is 3.04. The van der Waals surface area contributed by atoms with E-state index in [4.69, 9.17) is 5.73 Å². The van der Waals surface area contributed by atoms with Crippen molar-refractivity contribution >= 4 is 5.78 Å². The Morgan fingerprint density at radius 1 is 1.36 bits per heavy atom. The molecular formula is C12H15NO. The first-order chi connectivity index (χ1) is 6.62. The summed E-state index contributed by atoms with van der Waals surface area (Å²) in [4.78, 5) is 11.3. The second kappa shape index (κ2) is 3.21. The molecule has 1 fully saturated rings. The molecule has 0 spiro atoms. The van der Waals surface area contributed by atoms with E-state index in [1.165, 1.54) is 5.56 Å². The first-order valence-electron chi connectivity index (χ1n) is 4.98. The Hall–Kier alpha value is -1.15. The highest BCUT2D eigenvalue weighted by atomic mass is 16.1. The third kappa shape index (κ3) is 1.46. The number of nitrogens with two attached hydrogens (primary N) is 1. The molecule has 0 aromatic heterocycles. The Morgan fingerprint density at radius 3 is 2.64 bits per heavy atom. The van der Waals surface area contributed by atoms with Gasteiger partial charge in [-0.2, -0.15) is 0 Å². The maximum atomic E-state index is 11.3. The van der Waals surface area contributed by atoms with E-state index in [-0.39, 0.29) is 5.78 Å². The van der Waals surface area contributed by atoms with E-state index in [2.05, 4.69) is 0 Å². The minimum atomic E-state index is -0.400. The fraction of sp³-hybridized carbons (Fsp3) is 0.417. The van der Waals surface area contributed by atoms with Gasteiger partial charge >= 0.3 is 0 Å². The quantitative estimate of drug-likeness (QED) is 0.733. The number of Topliss-reactive ketones (excluding diaryl/α,β-unsaturated/α-hetero) is 1. The minimum Gasteiger partial charge on any atom is -0.321 e. The second-order valence-electron chi connectivity index (χ2n) is 4.19. The van der Waals surface area contributed by atoms with Crippen LogP contribution in [0.15, 0.2) is 24.3 Å². The molecule has 1 atom stereocenters. The fourth-order valence-electron chi connectivity index (χ4n) is 2.25. The van der Waals surface area contributed by atoms with Crippen LogP contribution in [-0.2, 0) is 10.3 Å². The highest BCUT2D eigenvalue weighted by molar-refractivity contribution is 5.82. The molecule has 1 aliphatic carbocycles. The van der Waals surface area contributed by atoms with Gasteiger partial charge < -0.3 is 5.73 Å². The molecule has 74 valence electrons. The molecule has 2 N–H and O–H groups in total. The van der Waals surface area contributed by atoms with Crippen molar-refractivity contribution in [3.63, 3.8) is 0 Å². The fourth-order valence-corrected chi connectivity index (χ4v) is 2.25. The second-order valence-corrected chi connectivity index (χ2v) is 4.19. The van der Waals surface area contributed by atoms with E-state index in [0.29, 0.717) is 12.8 Å². The molecule has 0 aliphatic heterocycles. The molecule has 1 aromatic carbocycles. The van der Waals surface area contributed by atoms with Crippen LogP contribution in [-0.4, -0.2) is 5.78 Å². The van der Waals surface area contributed by atoms with Crippen molar-refractivity contribution in [1.82, 2.24) is 0 Å². The lowest BCUT2D eigenvalue weighted by molar-refractivity contribution is -0.117. The number of carbonyl (C=O) groups is 1. The molecule has 0 saturated heterocycles. The number of ketones is 1. The standard InChI is InChI=1S/C12H15NO/c1-9-4-2-3-5-11(9)12(13)7-6-10(14)8-12/h2-5H,6-8,13H2,1H3. The van der Waals surface area contributed by atoms with Crippen molar-refractivity contribution in [2.45, 2.75) is 31.7 Å². The topological polar surface area (TPSA) is 43.1 Å². The predicted octanol–water partition coefficient (Wildman–Crippen LogP) is 1.90. The number of hydrogen-bond acceptors (Lipinski definition) is 2. The largest absolute Gasteiger partial charge is 0.321 e. The Labute approximate surface area is 84.1 Å². The van der Waals surface area contributed by atoms with E-state index >= 15 is 0 Å². The lowest BCUT2D eigenvalue weighted by Gasteiger charge is -2.25. The number of benzene rings is 1. The van der Waals surface area contributed by atoms with Gasteiger partial charge in [0.2, 0.25) is 0 Å². The SMILES string of the molecule is Cc1ccccc1C1(N)CCC(=O)C1. The van der Waals surface area contributed by atoms with Crippen molar-refractivity contribution in [3.05, 3.63) is 35.4 Å². The molecule has 1 aromatic rings. The number of aryl methyl sites for hydroxylation is 1. The molecule has 1 saturated carbocycles. The Balaban J connectivity index is 2.40. The molecule has 0 heterocycles. The van der Waals surface area contributed by atoms with E-state index in [1.807, 2.05) is 31.2 Å². The summed E-state index contributed by atoms with van der Waals surface area (Å²) in [6.07, 6.45) is 1.92. The van der Waals surface area contributed by atoms with E-state index in [0.717, 1.165) is 12.0 Å². The van der Waals surface area contributed by atoms with E-state index in [9.17, 15) is 4.79 Å². The van der Waals surface area contributed by atoms with Crippen LogP contribution in [0.2, 0.25) is 0 Å². The van der Waals surface area contributed by atoms with Crippen molar-refractivity contribution < 1.29 is 4.79 Å². The molecule has 0 radical (unpaired) electrons. The predicted molar refractivity (Wildman–Crippen MR) is 55.9 cm³/mol. The average molecular weight is 189 g/mol. The van der Waals surface area contributed by atoms with Crippen LogP contribution < -0.4 is 5.73 Å². The third-order valence-corrected chi connectivity index (χ3v) is 3.04. The molecule has 2 heteroatoms. The minimum absolute atomic E-state index is 0.288. The Kier molecular flexibility index (Phi) is 2.16. The monoisotopic (exact) mass is 189 g/mol. The van der Waals surface area contributed by atoms with Gasteiger partial charge in [-0.15, -0.1) is 0 Å². The van der Waals surface area contributed by atoms with Crippen LogP contribution in [0.5, 0.6) is 0 Å². The van der Waals surface area contributed by atoms with Crippen molar-refractivity contribution in [3.8, 4) is 0 Å². The van der Waals surface area contributed by atoms with Gasteiger partial charge in [0.25, 0.3) is 0 Å². The first kappa shape index (κ1) is 9.41. The smallest absolute Gasteiger partial charge is 0.135 e. The van der Waals surface area contributed by atoms with Crippen molar-refractivity contribution in [1.29, 1.82) is 0 Å². The van der Waals surface area contributed by atoms with Crippen molar-refractivity contribution in [2.75, 3.05) is 0 Å².